The van der Waals surface area contributed by atoms with Gasteiger partial charge in [-0.3, -0.25) is 4.79 Å². The van der Waals surface area contributed by atoms with Gasteiger partial charge >= 0.3 is 0 Å². The van der Waals surface area contributed by atoms with Crippen LogP contribution in [0, 0.1) is 0 Å². The second-order valence-electron chi connectivity index (χ2n) is 2.23. The standard InChI is InChI=1S/C8H7Cl2NO/c9-4-7(10)5-11-3-1-2-8(11)6-12/h1-4,6H,5H2. The molecule has 0 aliphatic heterocycles. The fraction of sp³-hybridized carbons (Fsp3) is 0.125. The van der Waals surface area contributed by atoms with Gasteiger partial charge in [0, 0.05) is 16.8 Å². The molecule has 0 atom stereocenters. The Morgan fingerprint density at radius 3 is 3.00 bits per heavy atom. The van der Waals surface area contributed by atoms with Crippen LogP contribution in [-0.4, -0.2) is 10.9 Å². The molecule has 0 fully saturated rings. The second-order valence-corrected chi connectivity index (χ2v) is 2.94. The predicted molar refractivity (Wildman–Crippen MR) is 49.6 cm³/mol. The molecule has 0 aromatic carbocycles. The molecule has 0 unspecified atom stereocenters. The average molecular weight is 204 g/mol. The average Bonchev–Trinajstić information content (AvgIpc) is 2.51. The number of allylic oxidation sites excluding steroid dienone is 1. The fourth-order valence-electron chi connectivity index (χ4n) is 0.876. The molecule has 0 spiro atoms. The summed E-state index contributed by atoms with van der Waals surface area (Å²) in [5, 5.41) is 0.496. The molecule has 1 rings (SSSR count). The third-order valence-corrected chi connectivity index (χ3v) is 2.03. The van der Waals surface area contributed by atoms with Crippen LogP contribution >= 0.6 is 23.2 Å². The van der Waals surface area contributed by atoms with E-state index in [2.05, 4.69) is 0 Å². The monoisotopic (exact) mass is 203 g/mol. The van der Waals surface area contributed by atoms with E-state index in [1.54, 1.807) is 22.9 Å². The molecule has 0 aliphatic carbocycles. The molecule has 0 aliphatic rings. The molecule has 1 aromatic heterocycles. The zero-order chi connectivity index (χ0) is 8.97. The molecule has 0 N–H and O–H groups in total. The van der Waals surface area contributed by atoms with E-state index in [4.69, 9.17) is 23.2 Å². The van der Waals surface area contributed by atoms with Gasteiger partial charge in [-0.05, 0) is 12.1 Å². The summed E-state index contributed by atoms with van der Waals surface area (Å²) in [4.78, 5) is 10.4. The first kappa shape index (κ1) is 9.36. The van der Waals surface area contributed by atoms with E-state index in [0.29, 0.717) is 17.3 Å². The van der Waals surface area contributed by atoms with Gasteiger partial charge in [-0.2, -0.15) is 0 Å². The van der Waals surface area contributed by atoms with E-state index in [-0.39, 0.29) is 0 Å². The highest BCUT2D eigenvalue weighted by Gasteiger charge is 1.99. The third kappa shape index (κ3) is 2.13. The molecule has 0 radical (unpaired) electrons. The quantitative estimate of drug-likeness (QED) is 0.693. The van der Waals surface area contributed by atoms with E-state index in [1.165, 1.54) is 5.54 Å². The molecule has 0 saturated heterocycles. The summed E-state index contributed by atoms with van der Waals surface area (Å²) >= 11 is 11.0. The largest absolute Gasteiger partial charge is 0.340 e. The van der Waals surface area contributed by atoms with Crippen molar-refractivity contribution in [2.75, 3.05) is 0 Å². The van der Waals surface area contributed by atoms with Crippen LogP contribution in [0.4, 0.5) is 0 Å². The Hall–Kier alpha value is -0.730. The van der Waals surface area contributed by atoms with Gasteiger partial charge in [0.2, 0.25) is 0 Å². The van der Waals surface area contributed by atoms with E-state index >= 15 is 0 Å². The molecular formula is C8H7Cl2NO. The van der Waals surface area contributed by atoms with Gasteiger partial charge in [0.05, 0.1) is 12.2 Å². The van der Waals surface area contributed by atoms with Crippen molar-refractivity contribution in [3.63, 3.8) is 0 Å². The van der Waals surface area contributed by atoms with Crippen molar-refractivity contribution in [1.29, 1.82) is 0 Å². The van der Waals surface area contributed by atoms with E-state index in [0.717, 1.165) is 6.29 Å². The van der Waals surface area contributed by atoms with Crippen molar-refractivity contribution < 1.29 is 4.79 Å². The number of carbonyl (C=O) groups is 1. The fourth-order valence-corrected chi connectivity index (χ4v) is 1.07. The number of halogens is 2. The highest BCUT2D eigenvalue weighted by atomic mass is 35.5. The highest BCUT2D eigenvalue weighted by Crippen LogP contribution is 2.09. The molecule has 1 aromatic rings. The minimum atomic E-state index is 0.437. The lowest BCUT2D eigenvalue weighted by molar-refractivity contribution is 0.111. The topological polar surface area (TPSA) is 22.0 Å². The number of nitrogens with zero attached hydrogens (tertiary/aromatic N) is 1. The molecule has 0 bridgehead atoms. The summed E-state index contributed by atoms with van der Waals surface area (Å²) in [6, 6.07) is 3.49. The van der Waals surface area contributed by atoms with Crippen molar-refractivity contribution in [1.82, 2.24) is 4.57 Å². The Balaban J connectivity index is 2.81. The van der Waals surface area contributed by atoms with Gasteiger partial charge in [-0.1, -0.05) is 23.2 Å². The van der Waals surface area contributed by atoms with Gasteiger partial charge in [0.1, 0.15) is 0 Å². The van der Waals surface area contributed by atoms with Crippen molar-refractivity contribution in [3.8, 4) is 0 Å². The maximum Gasteiger partial charge on any atom is 0.166 e. The Bertz CT molecular complexity index is 304. The SMILES string of the molecule is O=Cc1cccn1CC(Cl)=CCl. The minimum absolute atomic E-state index is 0.437. The van der Waals surface area contributed by atoms with Crippen LogP contribution in [0.15, 0.2) is 28.9 Å². The van der Waals surface area contributed by atoms with Crippen molar-refractivity contribution in [3.05, 3.63) is 34.6 Å². The van der Waals surface area contributed by atoms with Gasteiger partial charge in [-0.25, -0.2) is 0 Å². The Kier molecular flexibility index (Phi) is 3.38. The Morgan fingerprint density at radius 2 is 2.42 bits per heavy atom. The van der Waals surface area contributed by atoms with Crippen LogP contribution in [0.3, 0.4) is 0 Å². The number of rotatable bonds is 3. The number of aldehydes is 1. The number of hydrogen-bond donors (Lipinski definition) is 0. The van der Waals surface area contributed by atoms with Crippen LogP contribution in [0.25, 0.3) is 0 Å². The zero-order valence-corrected chi connectivity index (χ0v) is 7.72. The number of carbonyl (C=O) groups excluding carboxylic acids is 1. The lowest BCUT2D eigenvalue weighted by Crippen LogP contribution is -2.00. The molecular weight excluding hydrogens is 197 g/mol. The van der Waals surface area contributed by atoms with Crippen LogP contribution in [0.5, 0.6) is 0 Å². The first-order valence-corrected chi connectivity index (χ1v) is 4.14. The summed E-state index contributed by atoms with van der Waals surface area (Å²) in [5.74, 6) is 0. The van der Waals surface area contributed by atoms with Gasteiger partial charge < -0.3 is 4.57 Å². The second kappa shape index (κ2) is 4.33. The highest BCUT2D eigenvalue weighted by molar-refractivity contribution is 6.36. The van der Waals surface area contributed by atoms with Crippen molar-refractivity contribution in [2.24, 2.45) is 0 Å². The molecule has 12 heavy (non-hydrogen) atoms. The lowest BCUT2D eigenvalue weighted by Gasteiger charge is -2.02. The Labute approximate surface area is 80.4 Å². The first-order valence-electron chi connectivity index (χ1n) is 3.33. The van der Waals surface area contributed by atoms with Crippen molar-refractivity contribution in [2.45, 2.75) is 6.54 Å². The van der Waals surface area contributed by atoms with Crippen molar-refractivity contribution >= 4 is 29.5 Å². The van der Waals surface area contributed by atoms with Gasteiger partial charge in [0.15, 0.2) is 6.29 Å². The first-order chi connectivity index (χ1) is 5.77. The number of hydrogen-bond acceptors (Lipinski definition) is 1. The normalized spacial score (nSPS) is 11.7. The third-order valence-electron chi connectivity index (χ3n) is 1.43. The number of aromatic nitrogens is 1. The predicted octanol–water partition coefficient (Wildman–Crippen LogP) is 2.62. The summed E-state index contributed by atoms with van der Waals surface area (Å²) in [6.07, 6.45) is 2.55. The zero-order valence-electron chi connectivity index (χ0n) is 6.21. The molecule has 0 saturated carbocycles. The molecule has 4 heteroatoms. The maximum absolute atomic E-state index is 10.4. The maximum atomic E-state index is 10.4. The summed E-state index contributed by atoms with van der Waals surface area (Å²) in [5.41, 5.74) is 1.88. The molecule has 1 heterocycles. The van der Waals surface area contributed by atoms with E-state index in [9.17, 15) is 4.79 Å². The Morgan fingerprint density at radius 1 is 1.67 bits per heavy atom. The molecule has 2 nitrogen and oxygen atoms in total. The minimum Gasteiger partial charge on any atom is -0.340 e. The van der Waals surface area contributed by atoms with Crippen LogP contribution in [0.2, 0.25) is 0 Å². The summed E-state index contributed by atoms with van der Waals surface area (Å²) in [6.45, 7) is 0.437. The molecule has 0 amide bonds. The molecule has 64 valence electrons. The van der Waals surface area contributed by atoms with Crippen LogP contribution < -0.4 is 0 Å². The summed E-state index contributed by atoms with van der Waals surface area (Å²) < 4.78 is 1.72. The van der Waals surface area contributed by atoms with E-state index < -0.39 is 0 Å². The lowest BCUT2D eigenvalue weighted by atomic mass is 10.4. The van der Waals surface area contributed by atoms with Gasteiger partial charge in [0.25, 0.3) is 0 Å². The van der Waals surface area contributed by atoms with E-state index in [1.807, 2.05) is 0 Å². The van der Waals surface area contributed by atoms with Crippen LogP contribution in [0.1, 0.15) is 10.5 Å². The van der Waals surface area contributed by atoms with Crippen LogP contribution in [-0.2, 0) is 6.54 Å². The smallest absolute Gasteiger partial charge is 0.166 e. The summed E-state index contributed by atoms with van der Waals surface area (Å²) in [7, 11) is 0. The van der Waals surface area contributed by atoms with Gasteiger partial charge in [-0.15, -0.1) is 0 Å².